The number of hydrogen-bond donors (Lipinski definition) is 2. The number of nitrogens with zero attached hydrogens (tertiary/aromatic N) is 4. The molecule has 6 nitrogen and oxygen atoms in total. The molecule has 0 unspecified atom stereocenters. The van der Waals surface area contributed by atoms with Crippen molar-refractivity contribution in [2.45, 2.75) is 70.4 Å². The highest BCUT2D eigenvalue weighted by Gasteiger charge is 2.23. The van der Waals surface area contributed by atoms with E-state index in [9.17, 15) is 4.39 Å². The molecule has 4 aromatic rings. The zero-order valence-corrected chi connectivity index (χ0v) is 20.1. The van der Waals surface area contributed by atoms with Gasteiger partial charge < -0.3 is 10.6 Å². The monoisotopic (exact) mass is 470 g/mol. The van der Waals surface area contributed by atoms with Gasteiger partial charge in [0.25, 0.3) is 0 Å². The van der Waals surface area contributed by atoms with E-state index in [2.05, 4.69) is 33.8 Å². The first-order chi connectivity index (χ1) is 17.1. The van der Waals surface area contributed by atoms with Crippen LogP contribution in [0.3, 0.4) is 0 Å². The highest BCUT2D eigenvalue weighted by Crippen LogP contribution is 2.37. The molecule has 0 atom stereocenters. The predicted molar refractivity (Wildman–Crippen MR) is 138 cm³/mol. The molecule has 7 heteroatoms. The fraction of sp³-hybridized carbons (Fsp3) is 0.393. The summed E-state index contributed by atoms with van der Waals surface area (Å²) in [6, 6.07) is 15.7. The molecule has 2 fully saturated rings. The van der Waals surface area contributed by atoms with Crippen molar-refractivity contribution in [3.8, 4) is 22.5 Å². The summed E-state index contributed by atoms with van der Waals surface area (Å²) in [4.78, 5) is 9.63. The Balaban J connectivity index is 1.50. The van der Waals surface area contributed by atoms with Gasteiger partial charge in [-0.2, -0.15) is 5.10 Å². The summed E-state index contributed by atoms with van der Waals surface area (Å²) in [5.41, 5.74) is 5.28. The minimum Gasteiger partial charge on any atom is -0.367 e. The van der Waals surface area contributed by atoms with Gasteiger partial charge in [0, 0.05) is 23.3 Å². The zero-order valence-electron chi connectivity index (χ0n) is 20.1. The molecule has 0 spiro atoms. The van der Waals surface area contributed by atoms with E-state index in [1.165, 1.54) is 50.7 Å². The number of benzene rings is 1. The molecular formula is C28H31FN6. The zero-order chi connectivity index (χ0) is 23.8. The molecule has 0 bridgehead atoms. The van der Waals surface area contributed by atoms with Gasteiger partial charge in [-0.25, -0.2) is 18.9 Å². The van der Waals surface area contributed by atoms with E-state index in [1.807, 2.05) is 17.5 Å². The Morgan fingerprint density at radius 2 is 1.54 bits per heavy atom. The van der Waals surface area contributed by atoms with Crippen LogP contribution in [0.2, 0.25) is 0 Å². The Hall–Kier alpha value is -3.48. The second-order valence-corrected chi connectivity index (χ2v) is 9.91. The van der Waals surface area contributed by atoms with E-state index in [4.69, 9.17) is 10.1 Å². The van der Waals surface area contributed by atoms with Gasteiger partial charge in [-0.15, -0.1) is 0 Å². The molecule has 0 aliphatic heterocycles. The standard InChI is InChI=1S/C28H31FN6/c1-18-17-23(33-28(30-18)32-22-9-4-5-10-22)26-24-11-6-12-25(31-21-7-2-3-8-21)35(24)34-27(26)19-13-15-20(29)16-14-19/h6,11-17,21-22,31H,2-5,7-10H2,1H3,(H,30,32,33). The van der Waals surface area contributed by atoms with E-state index in [0.717, 1.165) is 52.4 Å². The molecule has 0 radical (unpaired) electrons. The quantitative estimate of drug-likeness (QED) is 0.332. The Bertz CT molecular complexity index is 1330. The molecule has 2 N–H and O–H groups in total. The van der Waals surface area contributed by atoms with Crippen molar-refractivity contribution in [3.05, 3.63) is 60.0 Å². The van der Waals surface area contributed by atoms with Crippen molar-refractivity contribution in [2.24, 2.45) is 0 Å². The van der Waals surface area contributed by atoms with Crippen molar-refractivity contribution >= 4 is 17.3 Å². The summed E-state index contributed by atoms with van der Waals surface area (Å²) in [6.07, 6.45) is 9.67. The number of aryl methyl sites for hydroxylation is 1. The maximum Gasteiger partial charge on any atom is 0.223 e. The van der Waals surface area contributed by atoms with E-state index in [1.54, 1.807) is 12.1 Å². The van der Waals surface area contributed by atoms with Crippen LogP contribution < -0.4 is 10.6 Å². The van der Waals surface area contributed by atoms with Gasteiger partial charge in [0.1, 0.15) is 17.3 Å². The van der Waals surface area contributed by atoms with E-state index >= 15 is 0 Å². The SMILES string of the molecule is Cc1cc(-c2c(-c3ccc(F)cc3)nn3c(NC4CCCC4)cccc23)nc(NC2CCCC2)n1. The van der Waals surface area contributed by atoms with Crippen LogP contribution >= 0.6 is 0 Å². The first kappa shape index (κ1) is 22.0. The number of pyridine rings is 1. The molecule has 3 heterocycles. The summed E-state index contributed by atoms with van der Waals surface area (Å²) >= 11 is 0. The Morgan fingerprint density at radius 1 is 0.857 bits per heavy atom. The molecule has 0 amide bonds. The van der Waals surface area contributed by atoms with Crippen LogP contribution in [0.5, 0.6) is 0 Å². The topological polar surface area (TPSA) is 67.1 Å². The Labute approximate surface area is 205 Å². The third kappa shape index (κ3) is 4.47. The normalized spacial score (nSPS) is 16.9. The average Bonchev–Trinajstić information content (AvgIpc) is 3.61. The first-order valence-electron chi connectivity index (χ1n) is 12.8. The van der Waals surface area contributed by atoms with E-state index in [0.29, 0.717) is 18.0 Å². The van der Waals surface area contributed by atoms with Crippen LogP contribution in [-0.4, -0.2) is 31.7 Å². The summed E-state index contributed by atoms with van der Waals surface area (Å²) < 4.78 is 15.7. The number of aromatic nitrogens is 4. The number of rotatable bonds is 6. The number of nitrogens with one attached hydrogen (secondary N) is 2. The maximum absolute atomic E-state index is 13.8. The van der Waals surface area contributed by atoms with Gasteiger partial charge in [-0.3, -0.25) is 0 Å². The highest BCUT2D eigenvalue weighted by atomic mass is 19.1. The summed E-state index contributed by atoms with van der Waals surface area (Å²) in [5.74, 6) is 1.37. The Morgan fingerprint density at radius 3 is 2.26 bits per heavy atom. The number of fused-ring (bicyclic) bond motifs is 1. The smallest absolute Gasteiger partial charge is 0.223 e. The molecule has 35 heavy (non-hydrogen) atoms. The van der Waals surface area contributed by atoms with Crippen molar-refractivity contribution in [1.29, 1.82) is 0 Å². The van der Waals surface area contributed by atoms with Gasteiger partial charge in [-0.1, -0.05) is 31.7 Å². The fourth-order valence-electron chi connectivity index (χ4n) is 5.53. The van der Waals surface area contributed by atoms with Crippen LogP contribution in [0.25, 0.3) is 28.0 Å². The summed E-state index contributed by atoms with van der Waals surface area (Å²) in [6.45, 7) is 2.00. The molecule has 6 rings (SSSR count). The second-order valence-electron chi connectivity index (χ2n) is 9.91. The third-order valence-electron chi connectivity index (χ3n) is 7.28. The van der Waals surface area contributed by atoms with E-state index in [-0.39, 0.29) is 5.82 Å². The van der Waals surface area contributed by atoms with Crippen LogP contribution in [0, 0.1) is 12.7 Å². The lowest BCUT2D eigenvalue weighted by molar-refractivity contribution is 0.628. The largest absolute Gasteiger partial charge is 0.367 e. The Kier molecular flexibility index (Phi) is 5.84. The molecule has 180 valence electrons. The molecule has 2 aliphatic carbocycles. The van der Waals surface area contributed by atoms with Crippen molar-refractivity contribution in [1.82, 2.24) is 19.6 Å². The minimum atomic E-state index is -0.261. The van der Waals surface area contributed by atoms with Crippen LogP contribution in [0.15, 0.2) is 48.5 Å². The number of halogens is 1. The average molecular weight is 471 g/mol. The number of anilines is 2. The third-order valence-corrected chi connectivity index (χ3v) is 7.28. The van der Waals surface area contributed by atoms with Crippen molar-refractivity contribution < 1.29 is 4.39 Å². The van der Waals surface area contributed by atoms with Gasteiger partial charge in [0.05, 0.1) is 16.8 Å². The van der Waals surface area contributed by atoms with Crippen LogP contribution in [-0.2, 0) is 0 Å². The van der Waals surface area contributed by atoms with E-state index < -0.39 is 0 Å². The van der Waals surface area contributed by atoms with Crippen LogP contribution in [0.1, 0.15) is 57.1 Å². The fourth-order valence-corrected chi connectivity index (χ4v) is 5.53. The minimum absolute atomic E-state index is 0.261. The van der Waals surface area contributed by atoms with Crippen molar-refractivity contribution in [3.63, 3.8) is 0 Å². The van der Waals surface area contributed by atoms with Crippen LogP contribution in [0.4, 0.5) is 16.2 Å². The van der Waals surface area contributed by atoms with Gasteiger partial charge in [-0.05, 0) is 75.1 Å². The van der Waals surface area contributed by atoms with Gasteiger partial charge in [0.2, 0.25) is 5.95 Å². The lowest BCUT2D eigenvalue weighted by Crippen LogP contribution is -2.17. The maximum atomic E-state index is 13.8. The van der Waals surface area contributed by atoms with Gasteiger partial charge in [0.15, 0.2) is 0 Å². The lowest BCUT2D eigenvalue weighted by atomic mass is 10.0. The lowest BCUT2D eigenvalue weighted by Gasteiger charge is -2.15. The molecular weight excluding hydrogens is 439 g/mol. The number of hydrogen-bond acceptors (Lipinski definition) is 5. The highest BCUT2D eigenvalue weighted by molar-refractivity contribution is 5.91. The van der Waals surface area contributed by atoms with Crippen molar-refractivity contribution in [2.75, 3.05) is 10.6 Å². The second kappa shape index (κ2) is 9.29. The predicted octanol–water partition coefficient (Wildman–Crippen LogP) is 6.61. The first-order valence-corrected chi connectivity index (χ1v) is 12.8. The molecule has 1 aromatic carbocycles. The molecule has 2 aliphatic rings. The summed E-state index contributed by atoms with van der Waals surface area (Å²) in [7, 11) is 0. The van der Waals surface area contributed by atoms with Gasteiger partial charge >= 0.3 is 0 Å². The molecule has 2 saturated carbocycles. The summed E-state index contributed by atoms with van der Waals surface area (Å²) in [5, 5.41) is 12.3. The molecule has 0 saturated heterocycles. The molecule has 3 aromatic heterocycles.